The molecule has 0 saturated carbocycles. The molecule has 2 rings (SSSR count). The van der Waals surface area contributed by atoms with Crippen LogP contribution >= 0.6 is 27.7 Å². The quantitative estimate of drug-likeness (QED) is 0.901. The molecule has 1 N–H and O–H groups in total. The van der Waals surface area contributed by atoms with Crippen molar-refractivity contribution in [2.24, 2.45) is 0 Å². The molecule has 0 aromatic heterocycles. The lowest BCUT2D eigenvalue weighted by Gasteiger charge is -2.20. The standard InChI is InChI=1S/C14H20BrNOS/c1-10(18-2)9-16-13-4-3-7-17-14-8-11(15)5-6-12(13)14/h5-6,8,10,13,16H,3-4,7,9H2,1-2H3. The molecule has 0 amide bonds. The summed E-state index contributed by atoms with van der Waals surface area (Å²) >= 11 is 5.41. The minimum Gasteiger partial charge on any atom is -0.493 e. The second kappa shape index (κ2) is 6.83. The number of fused-ring (bicyclic) bond motifs is 1. The molecule has 100 valence electrons. The molecule has 1 aliphatic rings. The van der Waals surface area contributed by atoms with Gasteiger partial charge in [-0.2, -0.15) is 11.8 Å². The summed E-state index contributed by atoms with van der Waals surface area (Å²) in [5.74, 6) is 1.02. The lowest BCUT2D eigenvalue weighted by Crippen LogP contribution is -2.27. The van der Waals surface area contributed by atoms with Crippen LogP contribution in [-0.4, -0.2) is 24.7 Å². The molecule has 4 heteroatoms. The summed E-state index contributed by atoms with van der Waals surface area (Å²) in [6, 6.07) is 6.77. The molecule has 2 nitrogen and oxygen atoms in total. The summed E-state index contributed by atoms with van der Waals surface area (Å²) in [7, 11) is 0. The molecule has 1 aliphatic heterocycles. The van der Waals surface area contributed by atoms with Crippen LogP contribution in [0.1, 0.15) is 31.4 Å². The summed E-state index contributed by atoms with van der Waals surface area (Å²) < 4.78 is 6.90. The Morgan fingerprint density at radius 2 is 2.39 bits per heavy atom. The fraction of sp³-hybridized carbons (Fsp3) is 0.571. The van der Waals surface area contributed by atoms with Crippen LogP contribution < -0.4 is 10.1 Å². The van der Waals surface area contributed by atoms with Crippen molar-refractivity contribution in [3.05, 3.63) is 28.2 Å². The predicted octanol–water partition coefficient (Wildman–Crippen LogP) is 4.00. The van der Waals surface area contributed by atoms with Crippen LogP contribution in [0.5, 0.6) is 5.75 Å². The fourth-order valence-electron chi connectivity index (χ4n) is 2.15. The highest BCUT2D eigenvalue weighted by Crippen LogP contribution is 2.33. The Labute approximate surface area is 122 Å². The average Bonchev–Trinajstić information content (AvgIpc) is 2.57. The zero-order valence-electron chi connectivity index (χ0n) is 10.9. The lowest BCUT2D eigenvalue weighted by molar-refractivity contribution is 0.315. The van der Waals surface area contributed by atoms with E-state index in [1.807, 2.05) is 11.8 Å². The Hall–Kier alpha value is -0.190. The van der Waals surface area contributed by atoms with Crippen LogP contribution in [0.25, 0.3) is 0 Å². The first kappa shape index (κ1) is 14.2. The highest BCUT2D eigenvalue weighted by atomic mass is 79.9. The number of hydrogen-bond acceptors (Lipinski definition) is 3. The summed E-state index contributed by atoms with van der Waals surface area (Å²) in [5.41, 5.74) is 1.30. The van der Waals surface area contributed by atoms with Gasteiger partial charge in [-0.3, -0.25) is 0 Å². The molecule has 2 unspecified atom stereocenters. The van der Waals surface area contributed by atoms with E-state index >= 15 is 0 Å². The van der Waals surface area contributed by atoms with Crippen LogP contribution in [0.2, 0.25) is 0 Å². The zero-order valence-corrected chi connectivity index (χ0v) is 13.3. The fourth-order valence-corrected chi connectivity index (χ4v) is 2.75. The summed E-state index contributed by atoms with van der Waals surface area (Å²) in [6.45, 7) is 4.12. The molecule has 1 aromatic carbocycles. The molecule has 0 aliphatic carbocycles. The average molecular weight is 330 g/mol. The number of nitrogens with one attached hydrogen (secondary N) is 1. The maximum Gasteiger partial charge on any atom is 0.125 e. The summed E-state index contributed by atoms with van der Waals surface area (Å²) in [4.78, 5) is 0. The number of halogens is 1. The molecule has 0 bridgehead atoms. The van der Waals surface area contributed by atoms with E-state index in [1.165, 1.54) is 5.56 Å². The third kappa shape index (κ3) is 3.65. The van der Waals surface area contributed by atoms with E-state index in [0.29, 0.717) is 11.3 Å². The minimum atomic E-state index is 0.421. The van der Waals surface area contributed by atoms with Crippen LogP contribution in [-0.2, 0) is 0 Å². The van der Waals surface area contributed by atoms with Crippen LogP contribution in [0.3, 0.4) is 0 Å². The van der Waals surface area contributed by atoms with E-state index in [4.69, 9.17) is 4.74 Å². The van der Waals surface area contributed by atoms with Gasteiger partial charge in [-0.25, -0.2) is 0 Å². The number of rotatable bonds is 4. The topological polar surface area (TPSA) is 21.3 Å². The van der Waals surface area contributed by atoms with Crippen LogP contribution in [0.15, 0.2) is 22.7 Å². The van der Waals surface area contributed by atoms with Gasteiger partial charge in [0.15, 0.2) is 0 Å². The van der Waals surface area contributed by atoms with Gasteiger partial charge in [0.2, 0.25) is 0 Å². The molecule has 1 heterocycles. The van der Waals surface area contributed by atoms with Crippen molar-refractivity contribution in [3.8, 4) is 5.75 Å². The normalized spacial score (nSPS) is 20.7. The zero-order chi connectivity index (χ0) is 13.0. The van der Waals surface area contributed by atoms with E-state index in [-0.39, 0.29) is 0 Å². The van der Waals surface area contributed by atoms with E-state index in [2.05, 4.69) is 52.6 Å². The van der Waals surface area contributed by atoms with Crippen LogP contribution in [0, 0.1) is 0 Å². The summed E-state index contributed by atoms with van der Waals surface area (Å²) in [6.07, 6.45) is 4.42. The maximum absolute atomic E-state index is 5.82. The number of thioether (sulfide) groups is 1. The van der Waals surface area contributed by atoms with Gasteiger partial charge in [-0.05, 0) is 31.2 Å². The first-order valence-corrected chi connectivity index (χ1v) is 8.47. The first-order valence-electron chi connectivity index (χ1n) is 6.39. The van der Waals surface area contributed by atoms with E-state index in [1.54, 1.807) is 0 Å². The first-order chi connectivity index (χ1) is 8.70. The van der Waals surface area contributed by atoms with Gasteiger partial charge in [-0.1, -0.05) is 28.9 Å². The molecular weight excluding hydrogens is 310 g/mol. The Kier molecular flexibility index (Phi) is 5.39. The van der Waals surface area contributed by atoms with Crippen molar-refractivity contribution < 1.29 is 4.74 Å². The number of benzene rings is 1. The predicted molar refractivity (Wildman–Crippen MR) is 82.6 cm³/mol. The molecular formula is C14H20BrNOS. The lowest BCUT2D eigenvalue weighted by atomic mass is 10.0. The molecule has 0 saturated heterocycles. The van der Waals surface area contributed by atoms with Gasteiger partial charge >= 0.3 is 0 Å². The second-order valence-electron chi connectivity index (χ2n) is 4.68. The van der Waals surface area contributed by atoms with Crippen molar-refractivity contribution in [1.82, 2.24) is 5.32 Å². The van der Waals surface area contributed by atoms with Gasteiger partial charge in [-0.15, -0.1) is 0 Å². The molecule has 1 aromatic rings. The number of ether oxygens (including phenoxy) is 1. The number of hydrogen-bond donors (Lipinski definition) is 1. The van der Waals surface area contributed by atoms with E-state index < -0.39 is 0 Å². The van der Waals surface area contributed by atoms with Gasteiger partial charge in [0.25, 0.3) is 0 Å². The Balaban J connectivity index is 2.11. The van der Waals surface area contributed by atoms with Gasteiger partial charge in [0, 0.05) is 27.9 Å². The maximum atomic E-state index is 5.82. The van der Waals surface area contributed by atoms with Crippen molar-refractivity contribution in [2.75, 3.05) is 19.4 Å². The molecule has 0 radical (unpaired) electrons. The highest BCUT2D eigenvalue weighted by Gasteiger charge is 2.19. The van der Waals surface area contributed by atoms with E-state index in [0.717, 1.165) is 36.2 Å². The molecule has 2 atom stereocenters. The smallest absolute Gasteiger partial charge is 0.125 e. The minimum absolute atomic E-state index is 0.421. The van der Waals surface area contributed by atoms with Crippen LogP contribution in [0.4, 0.5) is 0 Å². The summed E-state index contributed by atoms with van der Waals surface area (Å²) in [5, 5.41) is 4.32. The molecule has 0 fully saturated rings. The van der Waals surface area contributed by atoms with E-state index in [9.17, 15) is 0 Å². The largest absolute Gasteiger partial charge is 0.493 e. The van der Waals surface area contributed by atoms with Crippen molar-refractivity contribution in [2.45, 2.75) is 31.1 Å². The van der Waals surface area contributed by atoms with Crippen molar-refractivity contribution in [1.29, 1.82) is 0 Å². The van der Waals surface area contributed by atoms with Gasteiger partial charge in [0.1, 0.15) is 5.75 Å². The second-order valence-corrected chi connectivity index (χ2v) is 6.87. The Morgan fingerprint density at radius 3 is 3.17 bits per heavy atom. The third-order valence-corrected chi connectivity index (χ3v) is 4.76. The Bertz CT molecular complexity index is 399. The monoisotopic (exact) mass is 329 g/mol. The van der Waals surface area contributed by atoms with Crippen molar-refractivity contribution in [3.63, 3.8) is 0 Å². The highest BCUT2D eigenvalue weighted by molar-refractivity contribution is 9.10. The molecule has 0 spiro atoms. The molecule has 18 heavy (non-hydrogen) atoms. The third-order valence-electron chi connectivity index (χ3n) is 3.30. The van der Waals surface area contributed by atoms with Crippen molar-refractivity contribution >= 4 is 27.7 Å². The van der Waals surface area contributed by atoms with Gasteiger partial charge in [0.05, 0.1) is 6.61 Å². The van der Waals surface area contributed by atoms with Gasteiger partial charge < -0.3 is 10.1 Å². The SMILES string of the molecule is CSC(C)CNC1CCCOc2cc(Br)ccc21. The Morgan fingerprint density at radius 1 is 1.56 bits per heavy atom.